The summed E-state index contributed by atoms with van der Waals surface area (Å²) in [5.74, 6) is 0. The Morgan fingerprint density at radius 3 is 1.19 bits per heavy atom. The topological polar surface area (TPSA) is 0 Å². The van der Waals surface area contributed by atoms with E-state index >= 15 is 0 Å². The Labute approximate surface area is 167 Å². The van der Waals surface area contributed by atoms with E-state index in [0.717, 1.165) is 0 Å². The fourth-order valence-electron chi connectivity index (χ4n) is 4.87. The Balaban J connectivity index is 0.00000312. The maximum absolute atomic E-state index is 4.14. The quantitative estimate of drug-likeness (QED) is 0.582. The van der Waals surface area contributed by atoms with Crippen LogP contribution in [0.1, 0.15) is 69.2 Å². The zero-order valence-corrected chi connectivity index (χ0v) is 20.7. The van der Waals surface area contributed by atoms with E-state index in [4.69, 9.17) is 0 Å². The predicted molar refractivity (Wildman–Crippen MR) is 105 cm³/mol. The molecule has 0 radical (unpaired) electrons. The first-order chi connectivity index (χ1) is 10.9. The monoisotopic (exact) mass is 439 g/mol. The summed E-state index contributed by atoms with van der Waals surface area (Å²) in [6.45, 7) is 28.0. The average molecular weight is 441 g/mol. The number of halogens is 2. The van der Waals surface area contributed by atoms with Crippen LogP contribution in [0, 0.1) is 10.8 Å². The minimum absolute atomic E-state index is 0. The van der Waals surface area contributed by atoms with Crippen molar-refractivity contribution in [2.45, 2.75) is 73.4 Å². The molecule has 0 unspecified atom stereocenters. The van der Waals surface area contributed by atoms with Gasteiger partial charge in [0, 0.05) is 0 Å². The van der Waals surface area contributed by atoms with Gasteiger partial charge in [0.2, 0.25) is 0 Å². The van der Waals surface area contributed by atoms with Crippen LogP contribution >= 0.6 is 0 Å². The van der Waals surface area contributed by atoms with E-state index in [1.807, 2.05) is 6.56 Å². The Hall–Kier alpha value is -0.557. The predicted octanol–water partition coefficient (Wildman–Crippen LogP) is 1.52. The van der Waals surface area contributed by atoms with Crippen molar-refractivity contribution in [1.29, 1.82) is 0 Å². The largest absolute Gasteiger partial charge is 1.00 e. The van der Waals surface area contributed by atoms with E-state index in [-0.39, 0.29) is 20.2 Å². The standard InChI is InChI=1S/2C10H15.C3H5.2FH.Zr/c2*1-7-6-10(4,5)9(3)8(7)2;1-3-2;;;/h2*1-5H3;3H,1-2H2;2*1H;/q;;;;;+2/p-2. The van der Waals surface area contributed by atoms with E-state index in [1.165, 1.54) is 15.3 Å². The van der Waals surface area contributed by atoms with Crippen LogP contribution in [0.15, 0.2) is 52.7 Å². The van der Waals surface area contributed by atoms with Crippen LogP contribution in [0.25, 0.3) is 0 Å². The number of hydrogen-bond acceptors (Lipinski definition) is 0. The molecule has 0 fully saturated rings. The van der Waals surface area contributed by atoms with Gasteiger partial charge in [0.15, 0.2) is 0 Å². The van der Waals surface area contributed by atoms with Crippen molar-refractivity contribution in [2.75, 3.05) is 0 Å². The first kappa shape index (κ1) is 25.4. The fraction of sp³-hybridized carbons (Fsp3) is 0.565. The maximum Gasteiger partial charge on any atom is -1.00 e. The summed E-state index contributed by atoms with van der Waals surface area (Å²) >= 11 is -2.03. The van der Waals surface area contributed by atoms with Crippen LogP contribution in [0.5, 0.6) is 0 Å². The molecule has 145 valence electrons. The van der Waals surface area contributed by atoms with Gasteiger partial charge < -0.3 is 9.41 Å². The Morgan fingerprint density at radius 1 is 0.692 bits per heavy atom. The van der Waals surface area contributed by atoms with E-state index in [2.05, 4.69) is 81.9 Å². The third kappa shape index (κ3) is 3.46. The van der Waals surface area contributed by atoms with E-state index < -0.39 is 21.8 Å². The molecule has 0 bridgehead atoms. The molecule has 0 aromatic heterocycles. The first-order valence-corrected chi connectivity index (χ1v) is 13.4. The van der Waals surface area contributed by atoms with Crippen LogP contribution in [0.4, 0.5) is 0 Å². The molecule has 0 spiro atoms. The van der Waals surface area contributed by atoms with Gasteiger partial charge in [-0.3, -0.25) is 0 Å². The van der Waals surface area contributed by atoms with Gasteiger partial charge in [0.1, 0.15) is 0 Å². The molecule has 26 heavy (non-hydrogen) atoms. The molecule has 2 aliphatic rings. The van der Waals surface area contributed by atoms with Crippen molar-refractivity contribution >= 4 is 0 Å². The molecular weight excluding hydrogens is 405 g/mol. The normalized spacial score (nSPS) is 21.2. The SMILES string of the molecule is C=C[CH2][Zr+2]([C]1=C(C)C(C)=C(C)C1(C)C)[C]1=C(C)C(C)=C(C)C1(C)C.[F-].[F-]. The minimum atomic E-state index is -2.03. The van der Waals surface area contributed by atoms with E-state index in [1.54, 1.807) is 22.3 Å². The van der Waals surface area contributed by atoms with Crippen LogP contribution in [0.3, 0.4) is 0 Å². The number of allylic oxidation sites excluding steroid dienone is 9. The Morgan fingerprint density at radius 2 is 1.00 bits per heavy atom. The smallest absolute Gasteiger partial charge is 1.00 e. The van der Waals surface area contributed by atoms with Crippen LogP contribution in [-0.2, 0) is 21.8 Å². The van der Waals surface area contributed by atoms with Crippen LogP contribution < -0.4 is 9.41 Å². The van der Waals surface area contributed by atoms with Gasteiger partial charge in [-0.25, -0.2) is 0 Å². The zero-order valence-electron chi connectivity index (χ0n) is 18.2. The maximum atomic E-state index is 4.14. The van der Waals surface area contributed by atoms with Crippen molar-refractivity contribution in [3.05, 3.63) is 52.7 Å². The van der Waals surface area contributed by atoms with Crippen molar-refractivity contribution < 1.29 is 31.2 Å². The summed E-state index contributed by atoms with van der Waals surface area (Å²) in [5, 5.41) is 0. The Bertz CT molecular complexity index is 669. The van der Waals surface area contributed by atoms with Crippen molar-refractivity contribution in [1.82, 2.24) is 0 Å². The first-order valence-electron chi connectivity index (χ1n) is 9.17. The van der Waals surface area contributed by atoms with E-state index in [0.29, 0.717) is 0 Å². The molecule has 2 rings (SSSR count). The second kappa shape index (κ2) is 8.21. The molecule has 0 amide bonds. The van der Waals surface area contributed by atoms with Gasteiger partial charge in [0.25, 0.3) is 0 Å². The molecule has 0 N–H and O–H groups in total. The van der Waals surface area contributed by atoms with Gasteiger partial charge >= 0.3 is 159 Å². The second-order valence-electron chi connectivity index (χ2n) is 8.72. The molecule has 0 nitrogen and oxygen atoms in total. The van der Waals surface area contributed by atoms with Crippen molar-refractivity contribution in [3.63, 3.8) is 0 Å². The summed E-state index contributed by atoms with van der Waals surface area (Å²) in [6.07, 6.45) is 2.20. The molecule has 0 atom stereocenters. The molecule has 3 heteroatoms. The number of hydrogen-bond donors (Lipinski definition) is 0. The molecule has 0 aromatic rings. The fourth-order valence-corrected chi connectivity index (χ4v) is 15.0. The molecule has 0 aliphatic heterocycles. The summed E-state index contributed by atoms with van der Waals surface area (Å²) < 4.78 is 4.84. The third-order valence-electron chi connectivity index (χ3n) is 7.08. The van der Waals surface area contributed by atoms with Gasteiger partial charge in [-0.2, -0.15) is 0 Å². The zero-order chi connectivity index (χ0) is 18.6. The molecule has 0 aromatic carbocycles. The molecular formula is C23H35F2Zr. The number of rotatable bonds is 4. The second-order valence-corrected chi connectivity index (χ2v) is 14.5. The van der Waals surface area contributed by atoms with Crippen LogP contribution in [-0.4, -0.2) is 0 Å². The van der Waals surface area contributed by atoms with Crippen molar-refractivity contribution in [3.8, 4) is 0 Å². The summed E-state index contributed by atoms with van der Waals surface area (Å²) in [5.41, 5.74) is 9.85. The summed E-state index contributed by atoms with van der Waals surface area (Å²) in [4.78, 5) is 0. The third-order valence-corrected chi connectivity index (χ3v) is 16.7. The van der Waals surface area contributed by atoms with Crippen molar-refractivity contribution in [2.24, 2.45) is 10.8 Å². The molecule has 0 saturated carbocycles. The molecule has 0 heterocycles. The summed E-state index contributed by atoms with van der Waals surface area (Å²) in [6, 6.07) is 0. The average Bonchev–Trinajstić information content (AvgIpc) is 2.74. The van der Waals surface area contributed by atoms with Gasteiger partial charge in [-0.15, -0.1) is 0 Å². The minimum Gasteiger partial charge on any atom is -1.00 e. The van der Waals surface area contributed by atoms with Gasteiger partial charge in [-0.05, 0) is 0 Å². The van der Waals surface area contributed by atoms with Gasteiger partial charge in [0.05, 0.1) is 0 Å². The Kier molecular flexibility index (Phi) is 8.04. The van der Waals surface area contributed by atoms with Crippen LogP contribution in [0.2, 0.25) is 4.13 Å². The van der Waals surface area contributed by atoms with E-state index in [9.17, 15) is 0 Å². The summed E-state index contributed by atoms with van der Waals surface area (Å²) in [7, 11) is 0. The van der Waals surface area contributed by atoms with Gasteiger partial charge in [-0.1, -0.05) is 0 Å². The molecule has 0 saturated heterocycles. The molecule has 2 aliphatic carbocycles.